The second kappa shape index (κ2) is 7.77. The Bertz CT molecular complexity index is 697. The van der Waals surface area contributed by atoms with E-state index in [0.717, 1.165) is 42.2 Å². The maximum atomic E-state index is 5.89. The molecule has 3 rings (SSSR count). The molecule has 1 aromatic carbocycles. The predicted octanol–water partition coefficient (Wildman–Crippen LogP) is 5.37. The van der Waals surface area contributed by atoms with E-state index in [1.807, 2.05) is 0 Å². The van der Waals surface area contributed by atoms with Gasteiger partial charge in [-0.15, -0.1) is 0 Å². The first-order valence-electron chi connectivity index (χ1n) is 9.65. The van der Waals surface area contributed by atoms with Crippen molar-refractivity contribution in [1.82, 2.24) is 9.80 Å². The average Bonchev–Trinajstić information content (AvgIpc) is 2.55. The summed E-state index contributed by atoms with van der Waals surface area (Å²) in [4.78, 5) is 7.11. The Morgan fingerprint density at radius 1 is 1.00 bits per heavy atom. The van der Waals surface area contributed by atoms with Crippen LogP contribution in [0.5, 0.6) is 0 Å². The van der Waals surface area contributed by atoms with E-state index < -0.39 is 0 Å². The minimum atomic E-state index is 0.180. The lowest BCUT2D eigenvalue weighted by molar-refractivity contribution is 0.126. The van der Waals surface area contributed by atoms with E-state index in [1.54, 1.807) is 0 Å². The van der Waals surface area contributed by atoms with Crippen LogP contribution in [0.1, 0.15) is 52.5 Å². The van der Waals surface area contributed by atoms with Crippen molar-refractivity contribution >= 4 is 34.2 Å². The van der Waals surface area contributed by atoms with E-state index in [9.17, 15) is 0 Å². The van der Waals surface area contributed by atoms with Gasteiger partial charge in [0.2, 0.25) is 0 Å². The van der Waals surface area contributed by atoms with Gasteiger partial charge in [-0.05, 0) is 44.1 Å². The first kappa shape index (κ1) is 19.5. The van der Waals surface area contributed by atoms with E-state index in [4.69, 9.17) is 24.4 Å². The van der Waals surface area contributed by atoms with Crippen LogP contribution in [-0.4, -0.2) is 38.7 Å². The monoisotopic (exact) mass is 386 g/mol. The molecule has 2 nitrogen and oxygen atoms in total. The quantitative estimate of drug-likeness (QED) is 0.508. The molecular formula is C22H30N2S2. The highest BCUT2D eigenvalue weighted by Crippen LogP contribution is 2.38. The van der Waals surface area contributed by atoms with Crippen molar-refractivity contribution < 1.29 is 0 Å². The van der Waals surface area contributed by atoms with Crippen molar-refractivity contribution in [2.45, 2.75) is 59.5 Å². The van der Waals surface area contributed by atoms with E-state index in [2.05, 4.69) is 67.8 Å². The largest absolute Gasteiger partial charge is 0.355 e. The Balaban J connectivity index is 2.03. The molecule has 0 bridgehead atoms. The fourth-order valence-corrected chi connectivity index (χ4v) is 5.38. The van der Waals surface area contributed by atoms with Crippen LogP contribution in [0.4, 0.5) is 0 Å². The van der Waals surface area contributed by atoms with Crippen molar-refractivity contribution in [1.29, 1.82) is 0 Å². The molecule has 0 radical (unpaired) electrons. The molecule has 2 aliphatic rings. The molecule has 0 atom stereocenters. The zero-order chi connectivity index (χ0) is 18.9. The molecule has 0 N–H and O–H groups in total. The van der Waals surface area contributed by atoms with Gasteiger partial charge in [0.05, 0.1) is 0 Å². The van der Waals surface area contributed by atoms with Gasteiger partial charge in [-0.3, -0.25) is 0 Å². The summed E-state index contributed by atoms with van der Waals surface area (Å²) in [6.07, 6.45) is 3.08. The average molecular weight is 387 g/mol. The number of nitrogens with zero attached hydrogens (tertiary/aromatic N) is 2. The summed E-state index contributed by atoms with van der Waals surface area (Å²) in [5.74, 6) is 1.28. The number of hydrogen-bond donors (Lipinski definition) is 0. The van der Waals surface area contributed by atoms with E-state index in [-0.39, 0.29) is 5.41 Å². The summed E-state index contributed by atoms with van der Waals surface area (Å²) < 4.78 is 0. The number of allylic oxidation sites excluding steroid dienone is 1. The topological polar surface area (TPSA) is 6.48 Å². The van der Waals surface area contributed by atoms with Crippen molar-refractivity contribution in [2.24, 2.45) is 5.41 Å². The smallest absolute Gasteiger partial charge is 0.114 e. The predicted molar refractivity (Wildman–Crippen MR) is 119 cm³/mol. The molecule has 26 heavy (non-hydrogen) atoms. The Morgan fingerprint density at radius 3 is 2.19 bits per heavy atom. The molecule has 1 aliphatic heterocycles. The fourth-order valence-electron chi connectivity index (χ4n) is 4.10. The first-order chi connectivity index (χ1) is 12.3. The van der Waals surface area contributed by atoms with Gasteiger partial charge in [0.1, 0.15) is 5.82 Å². The highest BCUT2D eigenvalue weighted by Gasteiger charge is 2.36. The van der Waals surface area contributed by atoms with E-state index >= 15 is 0 Å². The molecule has 0 spiro atoms. The fraction of sp³-hybridized carbons (Fsp3) is 0.545. The molecule has 1 saturated heterocycles. The highest BCUT2D eigenvalue weighted by atomic mass is 32.1. The molecule has 1 saturated carbocycles. The molecule has 1 heterocycles. The molecule has 0 amide bonds. The molecule has 0 aromatic heterocycles. The highest BCUT2D eigenvalue weighted by molar-refractivity contribution is 7.83. The number of thiocarbonyl (C=S) groups is 2. The molecule has 1 aromatic rings. The minimum Gasteiger partial charge on any atom is -0.355 e. The Labute approximate surface area is 169 Å². The maximum absolute atomic E-state index is 5.89. The zero-order valence-electron chi connectivity index (χ0n) is 16.4. The minimum absolute atomic E-state index is 0.180. The second-order valence-corrected chi connectivity index (χ2v) is 9.60. The third-order valence-electron chi connectivity index (χ3n) is 5.30. The first-order valence-corrected chi connectivity index (χ1v) is 10.5. The second-order valence-electron chi connectivity index (χ2n) is 8.61. The van der Waals surface area contributed by atoms with Crippen molar-refractivity contribution in [3.8, 4) is 0 Å². The van der Waals surface area contributed by atoms with Gasteiger partial charge < -0.3 is 9.80 Å². The normalized spacial score (nSPS) is 21.0. The molecular weight excluding hydrogens is 356 g/mol. The number of rotatable bonds is 3. The molecule has 0 unspecified atom stereocenters. The third kappa shape index (κ3) is 4.17. The number of hydrogen-bond acceptors (Lipinski definition) is 4. The lowest BCUT2D eigenvalue weighted by Crippen LogP contribution is -2.48. The van der Waals surface area contributed by atoms with Crippen LogP contribution in [0.15, 0.2) is 41.7 Å². The SMILES string of the molecule is CC(C)N1CCCN(Cc2ccccc2)C1=C1C(=S)CC(C)(C)CC1=S. The summed E-state index contributed by atoms with van der Waals surface area (Å²) in [6.45, 7) is 12.1. The third-order valence-corrected chi connectivity index (χ3v) is 5.99. The summed E-state index contributed by atoms with van der Waals surface area (Å²) in [6, 6.07) is 11.2. The van der Waals surface area contributed by atoms with Gasteiger partial charge >= 0.3 is 0 Å². The number of benzene rings is 1. The summed E-state index contributed by atoms with van der Waals surface area (Å²) in [7, 11) is 0. The van der Waals surface area contributed by atoms with Crippen LogP contribution >= 0.6 is 24.4 Å². The summed E-state index contributed by atoms with van der Waals surface area (Å²) in [5, 5.41) is 0. The van der Waals surface area contributed by atoms with Crippen LogP contribution < -0.4 is 0 Å². The van der Waals surface area contributed by atoms with Crippen LogP contribution in [0.2, 0.25) is 0 Å². The Kier molecular flexibility index (Phi) is 5.83. The van der Waals surface area contributed by atoms with Gasteiger partial charge in [-0.25, -0.2) is 0 Å². The van der Waals surface area contributed by atoms with Crippen molar-refractivity contribution in [3.63, 3.8) is 0 Å². The van der Waals surface area contributed by atoms with Crippen molar-refractivity contribution in [2.75, 3.05) is 13.1 Å². The van der Waals surface area contributed by atoms with Gasteiger partial charge in [0.15, 0.2) is 0 Å². The summed E-state index contributed by atoms with van der Waals surface area (Å²) >= 11 is 11.8. The molecule has 140 valence electrons. The Morgan fingerprint density at radius 2 is 1.62 bits per heavy atom. The molecule has 1 aliphatic carbocycles. The standard InChI is InChI=1S/C22H30N2S2/c1-16(2)24-12-8-11-23(15-17-9-6-5-7-10-17)21(24)20-18(25)13-22(3,4)14-19(20)26/h5-7,9-10,16H,8,11-15H2,1-4H3. The Hall–Kier alpha value is -1.26. The van der Waals surface area contributed by atoms with E-state index in [1.165, 1.54) is 23.4 Å². The summed E-state index contributed by atoms with van der Waals surface area (Å²) in [5.41, 5.74) is 2.70. The maximum Gasteiger partial charge on any atom is 0.114 e. The molecule has 4 heteroatoms. The van der Waals surface area contributed by atoms with E-state index in [0.29, 0.717) is 6.04 Å². The lowest BCUT2D eigenvalue weighted by atomic mass is 9.75. The van der Waals surface area contributed by atoms with Gasteiger partial charge in [-0.1, -0.05) is 68.6 Å². The van der Waals surface area contributed by atoms with Crippen molar-refractivity contribution in [3.05, 3.63) is 47.3 Å². The lowest BCUT2D eigenvalue weighted by Gasteiger charge is -2.46. The zero-order valence-corrected chi connectivity index (χ0v) is 18.1. The van der Waals surface area contributed by atoms with Crippen LogP contribution in [0.25, 0.3) is 0 Å². The van der Waals surface area contributed by atoms with Crippen LogP contribution in [0.3, 0.4) is 0 Å². The van der Waals surface area contributed by atoms with Gasteiger partial charge in [0, 0.05) is 41.0 Å². The van der Waals surface area contributed by atoms with Gasteiger partial charge in [0.25, 0.3) is 0 Å². The molecule has 2 fully saturated rings. The van der Waals surface area contributed by atoms with Crippen LogP contribution in [0, 0.1) is 5.41 Å². The van der Waals surface area contributed by atoms with Crippen LogP contribution in [-0.2, 0) is 6.54 Å². The van der Waals surface area contributed by atoms with Gasteiger partial charge in [-0.2, -0.15) is 0 Å².